The van der Waals surface area contributed by atoms with Crippen LogP contribution in [0.1, 0.15) is 35.2 Å². The molecule has 0 fully saturated rings. The highest BCUT2D eigenvalue weighted by atomic mass is 16.5. The molecule has 0 saturated carbocycles. The molecule has 0 aliphatic heterocycles. The summed E-state index contributed by atoms with van der Waals surface area (Å²) in [7, 11) is 1.94. The van der Waals surface area contributed by atoms with Crippen LogP contribution in [0.25, 0.3) is 0 Å². The molecule has 0 spiro atoms. The molecule has 2 aromatic carbocycles. The maximum absolute atomic E-state index is 8.93. The number of ether oxygens (including phenoxy) is 1. The van der Waals surface area contributed by atoms with E-state index in [1.54, 1.807) is 6.07 Å². The van der Waals surface area contributed by atoms with Crippen molar-refractivity contribution < 1.29 is 4.74 Å². The summed E-state index contributed by atoms with van der Waals surface area (Å²) < 4.78 is 5.98. The molecule has 0 radical (unpaired) electrons. The predicted molar refractivity (Wildman–Crippen MR) is 84.1 cm³/mol. The molecule has 3 nitrogen and oxygen atoms in total. The van der Waals surface area contributed by atoms with Crippen LogP contribution in [0.2, 0.25) is 0 Å². The lowest BCUT2D eigenvalue weighted by Gasteiger charge is -2.17. The monoisotopic (exact) mass is 280 g/mol. The molecule has 0 amide bonds. The normalized spacial score (nSPS) is 11.7. The van der Waals surface area contributed by atoms with Gasteiger partial charge in [-0.25, -0.2) is 0 Å². The van der Waals surface area contributed by atoms with Crippen LogP contribution >= 0.6 is 0 Å². The van der Waals surface area contributed by atoms with Gasteiger partial charge in [0.05, 0.1) is 11.6 Å². The van der Waals surface area contributed by atoms with Crippen molar-refractivity contribution in [3.8, 4) is 11.8 Å². The Balaban J connectivity index is 2.19. The molecular weight excluding hydrogens is 260 g/mol. The lowest BCUT2D eigenvalue weighted by molar-refractivity contribution is 0.300. The molecule has 0 heterocycles. The van der Waals surface area contributed by atoms with Gasteiger partial charge in [0.25, 0.3) is 0 Å². The summed E-state index contributed by atoms with van der Waals surface area (Å²) in [5, 5.41) is 12.2. The first kappa shape index (κ1) is 15.1. The minimum Gasteiger partial charge on any atom is -0.489 e. The molecule has 0 aliphatic rings. The molecule has 1 atom stereocenters. The van der Waals surface area contributed by atoms with Gasteiger partial charge in [0, 0.05) is 11.6 Å². The number of rotatable bonds is 5. The average molecular weight is 280 g/mol. The molecule has 3 heteroatoms. The first-order valence-electron chi connectivity index (χ1n) is 7.03. The Morgan fingerprint density at radius 1 is 1.24 bits per heavy atom. The van der Waals surface area contributed by atoms with Crippen molar-refractivity contribution in [2.24, 2.45) is 0 Å². The van der Waals surface area contributed by atoms with E-state index in [1.807, 2.05) is 25.2 Å². The minimum absolute atomic E-state index is 0.228. The van der Waals surface area contributed by atoms with Gasteiger partial charge in [-0.3, -0.25) is 0 Å². The Morgan fingerprint density at radius 2 is 2.05 bits per heavy atom. The highest BCUT2D eigenvalue weighted by Crippen LogP contribution is 2.27. The van der Waals surface area contributed by atoms with E-state index in [0.717, 1.165) is 16.9 Å². The highest BCUT2D eigenvalue weighted by molar-refractivity contribution is 5.39. The van der Waals surface area contributed by atoms with Crippen molar-refractivity contribution in [3.63, 3.8) is 0 Å². The van der Waals surface area contributed by atoms with E-state index in [4.69, 9.17) is 10.00 Å². The van der Waals surface area contributed by atoms with Crippen LogP contribution in [0, 0.1) is 18.3 Å². The molecule has 2 rings (SSSR count). The van der Waals surface area contributed by atoms with Crippen LogP contribution in [0.15, 0.2) is 42.5 Å². The van der Waals surface area contributed by atoms with E-state index in [2.05, 4.69) is 43.4 Å². The third-order valence-corrected chi connectivity index (χ3v) is 3.52. The zero-order chi connectivity index (χ0) is 15.2. The fourth-order valence-electron chi connectivity index (χ4n) is 2.17. The van der Waals surface area contributed by atoms with E-state index < -0.39 is 0 Å². The average Bonchev–Trinajstić information content (AvgIpc) is 2.52. The van der Waals surface area contributed by atoms with E-state index in [9.17, 15) is 0 Å². The van der Waals surface area contributed by atoms with Crippen molar-refractivity contribution in [2.45, 2.75) is 26.5 Å². The number of nitrogens with zero attached hydrogens (tertiary/aromatic N) is 1. The third-order valence-electron chi connectivity index (χ3n) is 3.52. The second-order valence-electron chi connectivity index (χ2n) is 5.15. The Hall–Kier alpha value is -2.31. The van der Waals surface area contributed by atoms with Gasteiger partial charge in [-0.2, -0.15) is 5.26 Å². The molecule has 0 saturated heterocycles. The summed E-state index contributed by atoms with van der Waals surface area (Å²) >= 11 is 0. The second-order valence-corrected chi connectivity index (χ2v) is 5.15. The lowest BCUT2D eigenvalue weighted by Crippen LogP contribution is -2.14. The fourth-order valence-corrected chi connectivity index (χ4v) is 2.17. The highest BCUT2D eigenvalue weighted by Gasteiger charge is 2.10. The molecule has 2 aromatic rings. The van der Waals surface area contributed by atoms with Gasteiger partial charge in [-0.1, -0.05) is 24.3 Å². The first-order valence-corrected chi connectivity index (χ1v) is 7.03. The van der Waals surface area contributed by atoms with Gasteiger partial charge in [-0.05, 0) is 50.2 Å². The van der Waals surface area contributed by atoms with Crippen molar-refractivity contribution in [1.82, 2.24) is 5.32 Å². The summed E-state index contributed by atoms with van der Waals surface area (Å²) in [5.41, 5.74) is 3.96. The predicted octanol–water partition coefficient (Wildman–Crippen LogP) is 3.73. The maximum atomic E-state index is 8.93. The molecule has 1 N–H and O–H groups in total. The zero-order valence-corrected chi connectivity index (χ0v) is 12.7. The molecular formula is C18H20N2O. The maximum Gasteiger partial charge on any atom is 0.124 e. The van der Waals surface area contributed by atoms with Crippen molar-refractivity contribution >= 4 is 0 Å². The molecule has 108 valence electrons. The van der Waals surface area contributed by atoms with Crippen LogP contribution < -0.4 is 10.1 Å². The van der Waals surface area contributed by atoms with Gasteiger partial charge in [0.2, 0.25) is 0 Å². The van der Waals surface area contributed by atoms with Gasteiger partial charge < -0.3 is 10.1 Å². The van der Waals surface area contributed by atoms with Gasteiger partial charge in [-0.15, -0.1) is 0 Å². The number of nitriles is 1. The second kappa shape index (κ2) is 6.92. The Kier molecular flexibility index (Phi) is 4.97. The van der Waals surface area contributed by atoms with E-state index >= 15 is 0 Å². The molecule has 21 heavy (non-hydrogen) atoms. The van der Waals surface area contributed by atoms with Gasteiger partial charge >= 0.3 is 0 Å². The summed E-state index contributed by atoms with van der Waals surface area (Å²) in [6.07, 6.45) is 0. The smallest absolute Gasteiger partial charge is 0.124 e. The zero-order valence-electron chi connectivity index (χ0n) is 12.7. The summed E-state index contributed by atoms with van der Waals surface area (Å²) in [5.74, 6) is 0.888. The Bertz CT molecular complexity index is 659. The molecule has 0 bridgehead atoms. The van der Waals surface area contributed by atoms with Gasteiger partial charge in [0.15, 0.2) is 0 Å². The van der Waals surface area contributed by atoms with Crippen molar-refractivity contribution in [1.29, 1.82) is 5.26 Å². The lowest BCUT2D eigenvalue weighted by atomic mass is 10.1. The van der Waals surface area contributed by atoms with E-state index in [0.29, 0.717) is 12.2 Å². The van der Waals surface area contributed by atoms with Crippen LogP contribution in [-0.4, -0.2) is 7.05 Å². The summed E-state index contributed by atoms with van der Waals surface area (Å²) in [4.78, 5) is 0. The van der Waals surface area contributed by atoms with Crippen LogP contribution in [0.5, 0.6) is 5.75 Å². The largest absolute Gasteiger partial charge is 0.489 e. The number of hydrogen-bond donors (Lipinski definition) is 1. The third kappa shape index (κ3) is 3.84. The van der Waals surface area contributed by atoms with Gasteiger partial charge in [0.1, 0.15) is 12.4 Å². The summed E-state index contributed by atoms with van der Waals surface area (Å²) in [6.45, 7) is 4.62. The van der Waals surface area contributed by atoms with E-state index in [-0.39, 0.29) is 6.04 Å². The van der Waals surface area contributed by atoms with Crippen LogP contribution in [0.3, 0.4) is 0 Å². The molecule has 0 aliphatic carbocycles. The SMILES string of the molecule is CNC(C)c1ccc(C)cc1OCc1cccc(C#N)c1. The number of aryl methyl sites for hydroxylation is 1. The number of benzene rings is 2. The Labute approximate surface area is 126 Å². The Morgan fingerprint density at radius 3 is 2.76 bits per heavy atom. The molecule has 0 aromatic heterocycles. The molecule has 1 unspecified atom stereocenters. The summed E-state index contributed by atoms with van der Waals surface area (Å²) in [6, 6.07) is 16.1. The van der Waals surface area contributed by atoms with E-state index in [1.165, 1.54) is 5.56 Å². The van der Waals surface area contributed by atoms with Crippen molar-refractivity contribution in [2.75, 3.05) is 7.05 Å². The number of hydrogen-bond acceptors (Lipinski definition) is 3. The van der Waals surface area contributed by atoms with Crippen LogP contribution in [-0.2, 0) is 6.61 Å². The van der Waals surface area contributed by atoms with Crippen LogP contribution in [0.4, 0.5) is 0 Å². The quantitative estimate of drug-likeness (QED) is 0.907. The topological polar surface area (TPSA) is 45.0 Å². The standard InChI is InChI=1S/C18H20N2O/c1-13-7-8-17(14(2)20-3)18(9-13)21-12-16-6-4-5-15(10-16)11-19/h4-10,14,20H,12H2,1-3H3. The minimum atomic E-state index is 0.228. The fraction of sp³-hybridized carbons (Fsp3) is 0.278. The first-order chi connectivity index (χ1) is 10.1. The number of nitrogens with one attached hydrogen (secondary N) is 1. The van der Waals surface area contributed by atoms with Crippen molar-refractivity contribution in [3.05, 3.63) is 64.7 Å².